The van der Waals surface area contributed by atoms with Crippen LogP contribution in [-0.4, -0.2) is 37.0 Å². The monoisotopic (exact) mass is 427 g/mol. The highest BCUT2D eigenvalue weighted by Crippen LogP contribution is 2.47. The first-order valence-electron chi connectivity index (χ1n) is 8.81. The van der Waals surface area contributed by atoms with Crippen molar-refractivity contribution in [1.82, 2.24) is 10.2 Å². The predicted octanol–water partition coefficient (Wildman–Crippen LogP) is 4.25. The third kappa shape index (κ3) is 4.40. The highest BCUT2D eigenvalue weighted by atomic mass is 127. The fourth-order valence-corrected chi connectivity index (χ4v) is 3.74. The number of guanidine groups is 1. The molecule has 1 saturated carbocycles. The summed E-state index contributed by atoms with van der Waals surface area (Å²) in [6.45, 7) is 8.60. The van der Waals surface area contributed by atoms with Gasteiger partial charge in [-0.2, -0.15) is 0 Å². The number of benzene rings is 1. The Kier molecular flexibility index (Phi) is 6.74. The van der Waals surface area contributed by atoms with Gasteiger partial charge in [0, 0.05) is 32.1 Å². The van der Waals surface area contributed by atoms with Crippen molar-refractivity contribution in [3.05, 3.63) is 35.9 Å². The van der Waals surface area contributed by atoms with Crippen LogP contribution in [0, 0.1) is 5.41 Å². The number of likely N-dealkylation sites (tertiary alicyclic amines) is 1. The second kappa shape index (κ2) is 8.36. The van der Waals surface area contributed by atoms with Crippen molar-refractivity contribution in [3.63, 3.8) is 0 Å². The van der Waals surface area contributed by atoms with Gasteiger partial charge in [-0.15, -0.1) is 24.0 Å². The van der Waals surface area contributed by atoms with Crippen molar-refractivity contribution < 1.29 is 0 Å². The number of halogens is 1. The molecule has 0 amide bonds. The zero-order chi connectivity index (χ0) is 15.4. The van der Waals surface area contributed by atoms with Crippen LogP contribution in [0.1, 0.15) is 51.0 Å². The molecule has 1 spiro atoms. The molecule has 23 heavy (non-hydrogen) atoms. The van der Waals surface area contributed by atoms with Crippen LogP contribution in [0.25, 0.3) is 0 Å². The van der Waals surface area contributed by atoms with Gasteiger partial charge in [-0.25, -0.2) is 0 Å². The second-order valence-electron chi connectivity index (χ2n) is 7.03. The quantitative estimate of drug-likeness (QED) is 0.442. The third-order valence-electron chi connectivity index (χ3n) is 5.37. The number of hydrogen-bond acceptors (Lipinski definition) is 1. The molecule has 4 heteroatoms. The van der Waals surface area contributed by atoms with Gasteiger partial charge in [-0.3, -0.25) is 4.99 Å². The zero-order valence-corrected chi connectivity index (χ0v) is 16.8. The van der Waals surface area contributed by atoms with Gasteiger partial charge in [0.2, 0.25) is 0 Å². The van der Waals surface area contributed by atoms with Crippen molar-refractivity contribution in [2.45, 2.75) is 45.4 Å². The Labute approximate surface area is 158 Å². The maximum absolute atomic E-state index is 4.93. The van der Waals surface area contributed by atoms with Gasteiger partial charge in [0.1, 0.15) is 0 Å². The first-order chi connectivity index (χ1) is 10.7. The maximum atomic E-state index is 4.93. The van der Waals surface area contributed by atoms with Gasteiger partial charge >= 0.3 is 0 Å². The smallest absolute Gasteiger partial charge is 0.193 e. The minimum atomic E-state index is 0. The summed E-state index contributed by atoms with van der Waals surface area (Å²) < 4.78 is 0. The van der Waals surface area contributed by atoms with Gasteiger partial charge in [-0.1, -0.05) is 43.7 Å². The number of nitrogens with one attached hydrogen (secondary N) is 1. The molecule has 1 aliphatic heterocycles. The van der Waals surface area contributed by atoms with Gasteiger partial charge in [0.15, 0.2) is 5.96 Å². The van der Waals surface area contributed by atoms with Gasteiger partial charge in [0.05, 0.1) is 0 Å². The van der Waals surface area contributed by atoms with Crippen molar-refractivity contribution in [3.8, 4) is 0 Å². The molecule has 1 aromatic rings. The van der Waals surface area contributed by atoms with Gasteiger partial charge < -0.3 is 10.2 Å². The first kappa shape index (κ1) is 18.6. The van der Waals surface area contributed by atoms with E-state index in [0.717, 1.165) is 19.0 Å². The molecule has 1 saturated heterocycles. The molecule has 0 bridgehead atoms. The highest BCUT2D eigenvalue weighted by molar-refractivity contribution is 14.0. The maximum Gasteiger partial charge on any atom is 0.193 e. The van der Waals surface area contributed by atoms with Crippen LogP contribution >= 0.6 is 24.0 Å². The summed E-state index contributed by atoms with van der Waals surface area (Å²) in [5.41, 5.74) is 2.00. The van der Waals surface area contributed by atoms with Crippen molar-refractivity contribution in [1.29, 1.82) is 0 Å². The topological polar surface area (TPSA) is 27.6 Å². The molecule has 1 atom stereocenters. The molecule has 1 N–H and O–H groups in total. The van der Waals surface area contributed by atoms with Gasteiger partial charge in [-0.05, 0) is 37.2 Å². The summed E-state index contributed by atoms with van der Waals surface area (Å²) in [6, 6.07) is 10.7. The van der Waals surface area contributed by atoms with Crippen molar-refractivity contribution in [2.24, 2.45) is 10.4 Å². The molecular weight excluding hydrogens is 397 g/mol. The van der Waals surface area contributed by atoms with E-state index in [2.05, 4.69) is 54.4 Å². The number of nitrogens with zero attached hydrogens (tertiary/aromatic N) is 2. The molecule has 3 rings (SSSR count). The lowest BCUT2D eigenvalue weighted by molar-refractivity contribution is 0.151. The van der Waals surface area contributed by atoms with Crippen LogP contribution < -0.4 is 5.32 Å². The minimum Gasteiger partial charge on any atom is -0.357 e. The summed E-state index contributed by atoms with van der Waals surface area (Å²) in [4.78, 5) is 7.41. The number of rotatable bonds is 4. The number of aliphatic imine (C=N–C) groups is 1. The molecule has 1 unspecified atom stereocenters. The SMILES string of the molecule is CCNC(=NCC(C)c1ccccc1)N1CCC2(CCC2)C1.I. The van der Waals surface area contributed by atoms with E-state index in [4.69, 9.17) is 4.99 Å². The molecule has 1 aromatic carbocycles. The van der Waals surface area contributed by atoms with E-state index < -0.39 is 0 Å². The Bertz CT molecular complexity index is 511. The summed E-state index contributed by atoms with van der Waals surface area (Å²) >= 11 is 0. The molecule has 128 valence electrons. The van der Waals surface area contributed by atoms with Crippen molar-refractivity contribution >= 4 is 29.9 Å². The lowest BCUT2D eigenvalue weighted by Crippen LogP contribution is -2.42. The largest absolute Gasteiger partial charge is 0.357 e. The number of hydrogen-bond donors (Lipinski definition) is 1. The van der Waals surface area contributed by atoms with Crippen LogP contribution in [0.5, 0.6) is 0 Å². The van der Waals surface area contributed by atoms with Crippen molar-refractivity contribution in [2.75, 3.05) is 26.2 Å². The Morgan fingerprint density at radius 1 is 1.26 bits per heavy atom. The predicted molar refractivity (Wildman–Crippen MR) is 109 cm³/mol. The Balaban J connectivity index is 0.00000192. The van der Waals surface area contributed by atoms with E-state index >= 15 is 0 Å². The first-order valence-corrected chi connectivity index (χ1v) is 8.81. The summed E-state index contributed by atoms with van der Waals surface area (Å²) in [6.07, 6.45) is 5.62. The van der Waals surface area contributed by atoms with Crippen LogP contribution in [0.4, 0.5) is 0 Å². The Morgan fingerprint density at radius 3 is 2.57 bits per heavy atom. The molecule has 0 aromatic heterocycles. The van der Waals surface area contributed by atoms with Crippen LogP contribution in [-0.2, 0) is 0 Å². The molecule has 2 aliphatic rings. The van der Waals surface area contributed by atoms with Crippen LogP contribution in [0.3, 0.4) is 0 Å². The summed E-state index contributed by atoms with van der Waals surface area (Å²) in [5, 5.41) is 3.49. The fraction of sp³-hybridized carbons (Fsp3) is 0.632. The Morgan fingerprint density at radius 2 is 2.00 bits per heavy atom. The molecular formula is C19H30IN3. The van der Waals surface area contributed by atoms with Crippen LogP contribution in [0.2, 0.25) is 0 Å². The molecule has 1 aliphatic carbocycles. The molecule has 1 heterocycles. The minimum absolute atomic E-state index is 0. The lowest BCUT2D eigenvalue weighted by Gasteiger charge is -2.38. The molecule has 2 fully saturated rings. The normalized spacial score (nSPS) is 20.8. The average molecular weight is 427 g/mol. The fourth-order valence-electron chi connectivity index (χ4n) is 3.74. The Hall–Kier alpha value is -0.780. The van der Waals surface area contributed by atoms with Gasteiger partial charge in [0.25, 0.3) is 0 Å². The highest BCUT2D eigenvalue weighted by Gasteiger charge is 2.43. The van der Waals surface area contributed by atoms with E-state index in [1.807, 2.05) is 0 Å². The molecule has 3 nitrogen and oxygen atoms in total. The van der Waals surface area contributed by atoms with E-state index in [1.54, 1.807) is 0 Å². The standard InChI is InChI=1S/C19H29N3.HI/c1-3-20-18(22-13-12-19(15-22)10-7-11-19)21-14-16(2)17-8-5-4-6-9-17;/h4-6,8-9,16H,3,7,10-15H2,1-2H3,(H,20,21);1H. The second-order valence-corrected chi connectivity index (χ2v) is 7.03. The van der Waals surface area contributed by atoms with Crippen LogP contribution in [0.15, 0.2) is 35.3 Å². The third-order valence-corrected chi connectivity index (χ3v) is 5.37. The summed E-state index contributed by atoms with van der Waals surface area (Å²) in [5.74, 6) is 1.59. The van der Waals surface area contributed by atoms with E-state index in [9.17, 15) is 0 Å². The molecule has 0 radical (unpaired) electrons. The van der Waals surface area contributed by atoms with E-state index in [0.29, 0.717) is 11.3 Å². The lowest BCUT2D eigenvalue weighted by atomic mass is 9.68. The average Bonchev–Trinajstić information content (AvgIpc) is 2.98. The van der Waals surface area contributed by atoms with E-state index in [-0.39, 0.29) is 24.0 Å². The summed E-state index contributed by atoms with van der Waals surface area (Å²) in [7, 11) is 0. The zero-order valence-electron chi connectivity index (χ0n) is 14.4. The van der Waals surface area contributed by atoms with E-state index in [1.165, 1.54) is 44.3 Å².